The molecule has 28 heavy (non-hydrogen) atoms. The Morgan fingerprint density at radius 3 is 2.86 bits per heavy atom. The first-order valence-electron chi connectivity index (χ1n) is 7.93. The summed E-state index contributed by atoms with van der Waals surface area (Å²) in [7, 11) is 1.53. The summed E-state index contributed by atoms with van der Waals surface area (Å²) in [6, 6.07) is 10.9. The van der Waals surface area contributed by atoms with Gasteiger partial charge in [-0.3, -0.25) is 20.2 Å². The van der Waals surface area contributed by atoms with Gasteiger partial charge in [-0.25, -0.2) is 4.98 Å². The molecule has 0 aliphatic rings. The highest BCUT2D eigenvalue weighted by molar-refractivity contribution is 7.14. The van der Waals surface area contributed by atoms with Crippen LogP contribution in [0.3, 0.4) is 0 Å². The zero-order valence-corrected chi connectivity index (χ0v) is 16.1. The maximum atomic E-state index is 12.0. The molecular weight excluding hydrogens is 406 g/mol. The van der Waals surface area contributed by atoms with E-state index in [0.717, 1.165) is 5.56 Å². The van der Waals surface area contributed by atoms with E-state index >= 15 is 0 Å². The van der Waals surface area contributed by atoms with Gasteiger partial charge in [0.15, 0.2) is 11.7 Å². The maximum Gasteiger partial charge on any atom is 0.273 e. The van der Waals surface area contributed by atoms with E-state index in [-0.39, 0.29) is 18.0 Å². The minimum Gasteiger partial charge on any atom is -0.495 e. The smallest absolute Gasteiger partial charge is 0.273 e. The molecule has 0 atom stereocenters. The number of hydrogen-bond donors (Lipinski definition) is 1. The molecule has 1 amide bonds. The zero-order chi connectivity index (χ0) is 20.1. The summed E-state index contributed by atoms with van der Waals surface area (Å²) < 4.78 is 10.4. The summed E-state index contributed by atoms with van der Waals surface area (Å²) in [5.74, 6) is 0.365. The molecule has 0 bridgehead atoms. The first-order chi connectivity index (χ1) is 13.5. The summed E-state index contributed by atoms with van der Waals surface area (Å²) in [5.41, 5.74) is 1.33. The van der Waals surface area contributed by atoms with Gasteiger partial charge in [0.2, 0.25) is 0 Å². The van der Waals surface area contributed by atoms with Crippen LogP contribution in [0.5, 0.6) is 11.5 Å². The number of ether oxygens (including phenoxy) is 2. The minimum absolute atomic E-state index is 0.111. The Hall–Kier alpha value is -3.17. The Bertz CT molecular complexity index is 1020. The Balaban J connectivity index is 1.60. The second-order valence-corrected chi connectivity index (χ2v) is 6.74. The van der Waals surface area contributed by atoms with Crippen molar-refractivity contribution in [2.75, 3.05) is 19.0 Å². The molecule has 1 N–H and O–H groups in total. The number of methoxy groups -OCH3 is 1. The summed E-state index contributed by atoms with van der Waals surface area (Å²) in [6.07, 6.45) is 0. The van der Waals surface area contributed by atoms with Crippen molar-refractivity contribution < 1.29 is 19.2 Å². The average Bonchev–Trinajstić information content (AvgIpc) is 3.15. The number of benzene rings is 2. The zero-order valence-electron chi connectivity index (χ0n) is 14.5. The number of carbonyl (C=O) groups excluding carboxylic acids is 1. The van der Waals surface area contributed by atoms with Crippen LogP contribution in [0.4, 0.5) is 10.8 Å². The standard InChI is InChI=1S/C18H14ClN3O5S/c1-26-16-6-5-11(7-14(16)19)15-10-28-18(20-15)21-17(23)9-27-13-4-2-3-12(8-13)22(24)25/h2-8,10H,9H2,1H3,(H,20,21,23). The average molecular weight is 420 g/mol. The Morgan fingerprint density at radius 1 is 1.32 bits per heavy atom. The van der Waals surface area contributed by atoms with Crippen molar-refractivity contribution in [1.82, 2.24) is 4.98 Å². The molecule has 0 aliphatic heterocycles. The fourth-order valence-corrected chi connectivity index (χ4v) is 3.27. The molecule has 2 aromatic carbocycles. The number of nitrogens with zero attached hydrogens (tertiary/aromatic N) is 2. The monoisotopic (exact) mass is 419 g/mol. The molecule has 0 fully saturated rings. The molecule has 3 aromatic rings. The summed E-state index contributed by atoms with van der Waals surface area (Å²) in [4.78, 5) is 26.6. The number of hydrogen-bond acceptors (Lipinski definition) is 7. The fraction of sp³-hybridized carbons (Fsp3) is 0.111. The number of nitrogens with one attached hydrogen (secondary N) is 1. The first-order valence-corrected chi connectivity index (χ1v) is 9.18. The molecule has 8 nitrogen and oxygen atoms in total. The van der Waals surface area contributed by atoms with Crippen molar-refractivity contribution in [2.24, 2.45) is 0 Å². The highest BCUT2D eigenvalue weighted by Gasteiger charge is 2.12. The quantitative estimate of drug-likeness (QED) is 0.449. The number of nitro groups is 1. The summed E-state index contributed by atoms with van der Waals surface area (Å²) in [5, 5.41) is 16.0. The number of nitro benzene ring substituents is 1. The van der Waals surface area contributed by atoms with Gasteiger partial charge in [0.05, 0.1) is 28.8 Å². The molecule has 0 saturated carbocycles. The van der Waals surface area contributed by atoms with Crippen molar-refractivity contribution in [2.45, 2.75) is 0 Å². The molecule has 0 radical (unpaired) electrons. The van der Waals surface area contributed by atoms with Gasteiger partial charge in [-0.15, -0.1) is 11.3 Å². The molecule has 10 heteroatoms. The Kier molecular flexibility index (Phi) is 6.07. The van der Waals surface area contributed by atoms with Gasteiger partial charge < -0.3 is 9.47 Å². The van der Waals surface area contributed by atoms with E-state index in [1.807, 2.05) is 6.07 Å². The molecule has 144 valence electrons. The van der Waals surface area contributed by atoms with E-state index < -0.39 is 10.8 Å². The van der Waals surface area contributed by atoms with Crippen LogP contribution < -0.4 is 14.8 Å². The van der Waals surface area contributed by atoms with Crippen LogP contribution in [0.25, 0.3) is 11.3 Å². The highest BCUT2D eigenvalue weighted by Crippen LogP contribution is 2.31. The van der Waals surface area contributed by atoms with Crippen molar-refractivity contribution in [3.8, 4) is 22.8 Å². The van der Waals surface area contributed by atoms with Gasteiger partial charge in [-0.1, -0.05) is 17.7 Å². The van der Waals surface area contributed by atoms with Gasteiger partial charge in [0.1, 0.15) is 11.5 Å². The predicted molar refractivity (Wildman–Crippen MR) is 106 cm³/mol. The molecule has 1 aromatic heterocycles. The van der Waals surface area contributed by atoms with Crippen LogP contribution in [0.15, 0.2) is 47.8 Å². The topological polar surface area (TPSA) is 104 Å². The van der Waals surface area contributed by atoms with Crippen LogP contribution >= 0.6 is 22.9 Å². The van der Waals surface area contributed by atoms with Gasteiger partial charge in [-0.2, -0.15) is 0 Å². The van der Waals surface area contributed by atoms with Gasteiger partial charge in [0.25, 0.3) is 11.6 Å². The molecule has 3 rings (SSSR count). The number of thiazole rings is 1. The van der Waals surface area contributed by atoms with Crippen LogP contribution in [0.2, 0.25) is 5.02 Å². The number of halogens is 1. The minimum atomic E-state index is -0.532. The molecule has 0 unspecified atom stereocenters. The lowest BCUT2D eigenvalue weighted by atomic mass is 10.2. The van der Waals surface area contributed by atoms with Crippen molar-refractivity contribution in [1.29, 1.82) is 0 Å². The molecule has 0 spiro atoms. The van der Waals surface area contributed by atoms with Crippen molar-refractivity contribution >= 4 is 39.7 Å². The Morgan fingerprint density at radius 2 is 2.14 bits per heavy atom. The van der Waals surface area contributed by atoms with E-state index in [0.29, 0.717) is 21.6 Å². The second kappa shape index (κ2) is 8.68. The van der Waals surface area contributed by atoms with Crippen LogP contribution in [0, 0.1) is 10.1 Å². The van der Waals surface area contributed by atoms with Crippen molar-refractivity contribution in [3.63, 3.8) is 0 Å². The summed E-state index contributed by atoms with van der Waals surface area (Å²) in [6.45, 7) is -0.301. The summed E-state index contributed by atoms with van der Waals surface area (Å²) >= 11 is 7.38. The molecule has 0 aliphatic carbocycles. The fourth-order valence-electron chi connectivity index (χ4n) is 2.28. The highest BCUT2D eigenvalue weighted by atomic mass is 35.5. The third-order valence-electron chi connectivity index (χ3n) is 3.60. The van der Waals surface area contributed by atoms with Crippen molar-refractivity contribution in [3.05, 3.63) is 63.0 Å². The second-order valence-electron chi connectivity index (χ2n) is 5.48. The van der Waals surface area contributed by atoms with Gasteiger partial charge in [0, 0.05) is 17.0 Å². The van der Waals surface area contributed by atoms with Crippen LogP contribution in [-0.4, -0.2) is 29.5 Å². The largest absolute Gasteiger partial charge is 0.495 e. The molecule has 0 saturated heterocycles. The number of anilines is 1. The third-order valence-corrected chi connectivity index (χ3v) is 4.65. The number of non-ortho nitro benzene ring substituents is 1. The van der Waals surface area contributed by atoms with E-state index in [9.17, 15) is 14.9 Å². The van der Waals surface area contributed by atoms with E-state index in [4.69, 9.17) is 21.1 Å². The van der Waals surface area contributed by atoms with Crippen LogP contribution in [0.1, 0.15) is 0 Å². The number of amides is 1. The van der Waals surface area contributed by atoms with Gasteiger partial charge >= 0.3 is 0 Å². The third kappa shape index (κ3) is 4.76. The van der Waals surface area contributed by atoms with Crippen LogP contribution in [-0.2, 0) is 4.79 Å². The van der Waals surface area contributed by atoms with Gasteiger partial charge in [-0.05, 0) is 24.3 Å². The van der Waals surface area contributed by atoms with E-state index in [2.05, 4.69) is 10.3 Å². The predicted octanol–water partition coefficient (Wildman–Crippen LogP) is 4.40. The Labute approximate surface area is 168 Å². The SMILES string of the molecule is COc1ccc(-c2csc(NC(=O)COc3cccc([N+](=O)[O-])c3)n2)cc1Cl. The number of carbonyl (C=O) groups is 1. The maximum absolute atomic E-state index is 12.0. The lowest BCUT2D eigenvalue weighted by Crippen LogP contribution is -2.20. The van der Waals surface area contributed by atoms with E-state index in [1.165, 1.54) is 42.7 Å². The number of aromatic nitrogens is 1. The lowest BCUT2D eigenvalue weighted by molar-refractivity contribution is -0.384. The normalized spacial score (nSPS) is 10.4. The number of rotatable bonds is 7. The molecular formula is C18H14ClN3O5S. The lowest BCUT2D eigenvalue weighted by Gasteiger charge is -2.06. The first kappa shape index (κ1) is 19.6. The molecule has 1 heterocycles. The van der Waals surface area contributed by atoms with E-state index in [1.54, 1.807) is 17.5 Å².